The minimum Gasteiger partial charge on any atom is -0.497 e. The van der Waals surface area contributed by atoms with Gasteiger partial charge in [0.1, 0.15) is 28.9 Å². The van der Waals surface area contributed by atoms with Gasteiger partial charge in [0.15, 0.2) is 0 Å². The maximum Gasteiger partial charge on any atom is 0.251 e. The Morgan fingerprint density at radius 1 is 0.941 bits per heavy atom. The molecule has 0 atom stereocenters. The van der Waals surface area contributed by atoms with E-state index in [1.165, 1.54) is 0 Å². The Bertz CT molecular complexity index is 1110. The lowest BCUT2D eigenvalue weighted by atomic mass is 10.1. The van der Waals surface area contributed by atoms with Crippen LogP contribution in [0.3, 0.4) is 0 Å². The van der Waals surface area contributed by atoms with E-state index in [4.69, 9.17) is 14.2 Å². The number of benzene rings is 2. The van der Waals surface area contributed by atoms with Crippen molar-refractivity contribution < 1.29 is 19.0 Å². The van der Waals surface area contributed by atoms with Crippen LogP contribution >= 0.6 is 0 Å². The third-order valence-corrected chi connectivity index (χ3v) is 6.07. The fourth-order valence-corrected chi connectivity index (χ4v) is 4.13. The summed E-state index contributed by atoms with van der Waals surface area (Å²) >= 11 is 0. The number of carbonyl (C=O) groups is 1. The molecule has 0 bridgehead atoms. The van der Waals surface area contributed by atoms with E-state index in [9.17, 15) is 4.79 Å². The van der Waals surface area contributed by atoms with Crippen LogP contribution in [-0.2, 0) is 25.9 Å². The molecule has 9 nitrogen and oxygen atoms in total. The second kappa shape index (κ2) is 11.0. The highest BCUT2D eigenvalue weighted by Crippen LogP contribution is 2.26. The lowest BCUT2D eigenvalue weighted by Crippen LogP contribution is -2.28. The van der Waals surface area contributed by atoms with Crippen molar-refractivity contribution in [3.8, 4) is 17.2 Å². The van der Waals surface area contributed by atoms with Gasteiger partial charge in [-0.05, 0) is 30.3 Å². The Morgan fingerprint density at radius 2 is 1.71 bits per heavy atom. The summed E-state index contributed by atoms with van der Waals surface area (Å²) in [6.07, 6.45) is 1.45. The third kappa shape index (κ3) is 5.48. The Kier molecular flexibility index (Phi) is 7.64. The summed E-state index contributed by atoms with van der Waals surface area (Å²) in [4.78, 5) is 14.8. The average molecular weight is 466 g/mol. The van der Waals surface area contributed by atoms with Crippen LogP contribution < -0.4 is 19.5 Å². The molecule has 0 fully saturated rings. The summed E-state index contributed by atoms with van der Waals surface area (Å²) in [6, 6.07) is 13.0. The van der Waals surface area contributed by atoms with Gasteiger partial charge in [0.25, 0.3) is 5.91 Å². The first-order valence-electron chi connectivity index (χ1n) is 11.4. The van der Waals surface area contributed by atoms with Gasteiger partial charge in [0, 0.05) is 62.8 Å². The molecule has 2 heterocycles. The van der Waals surface area contributed by atoms with Gasteiger partial charge >= 0.3 is 0 Å². The first-order chi connectivity index (χ1) is 16.6. The van der Waals surface area contributed by atoms with Gasteiger partial charge in [-0.3, -0.25) is 9.69 Å². The van der Waals surface area contributed by atoms with Crippen LogP contribution in [0.4, 0.5) is 0 Å². The van der Waals surface area contributed by atoms with E-state index in [0.29, 0.717) is 18.5 Å². The normalized spacial score (nSPS) is 13.6. The monoisotopic (exact) mass is 465 g/mol. The van der Waals surface area contributed by atoms with Gasteiger partial charge in [-0.1, -0.05) is 6.07 Å². The predicted molar refractivity (Wildman–Crippen MR) is 128 cm³/mol. The second-order valence-corrected chi connectivity index (χ2v) is 8.12. The van der Waals surface area contributed by atoms with E-state index >= 15 is 0 Å². The van der Waals surface area contributed by atoms with Crippen LogP contribution in [0, 0.1) is 0 Å². The van der Waals surface area contributed by atoms with Gasteiger partial charge in [-0.2, -0.15) is 0 Å². The molecule has 1 N–H and O–H groups in total. The quantitative estimate of drug-likeness (QED) is 0.519. The zero-order valence-corrected chi connectivity index (χ0v) is 19.9. The summed E-state index contributed by atoms with van der Waals surface area (Å²) in [7, 11) is 4.94. The largest absolute Gasteiger partial charge is 0.497 e. The van der Waals surface area contributed by atoms with Crippen LogP contribution in [0.25, 0.3) is 0 Å². The van der Waals surface area contributed by atoms with Crippen molar-refractivity contribution in [2.24, 2.45) is 0 Å². The number of hydrogen-bond acceptors (Lipinski definition) is 7. The molecular weight excluding hydrogens is 434 g/mol. The smallest absolute Gasteiger partial charge is 0.251 e. The first-order valence-corrected chi connectivity index (χ1v) is 11.4. The number of aromatic nitrogens is 3. The van der Waals surface area contributed by atoms with E-state index in [1.54, 1.807) is 45.6 Å². The van der Waals surface area contributed by atoms with E-state index < -0.39 is 0 Å². The fraction of sp³-hybridized carbons (Fsp3) is 0.400. The molecule has 9 heteroatoms. The number of hydrogen-bond donors (Lipinski definition) is 1. The molecular formula is C25H31N5O4. The van der Waals surface area contributed by atoms with E-state index in [1.807, 2.05) is 12.1 Å². The van der Waals surface area contributed by atoms with Crippen molar-refractivity contribution in [1.29, 1.82) is 0 Å². The van der Waals surface area contributed by atoms with Gasteiger partial charge < -0.3 is 24.1 Å². The zero-order valence-electron chi connectivity index (χ0n) is 19.9. The van der Waals surface area contributed by atoms with Crippen molar-refractivity contribution in [1.82, 2.24) is 25.0 Å². The summed E-state index contributed by atoms with van der Waals surface area (Å²) in [6.45, 7) is 3.87. The lowest BCUT2D eigenvalue weighted by Gasteiger charge is -2.21. The maximum absolute atomic E-state index is 12.4. The highest BCUT2D eigenvalue weighted by atomic mass is 16.5. The number of methoxy groups -OCH3 is 3. The molecule has 0 saturated heterocycles. The number of ether oxygens (including phenoxy) is 3. The minimum atomic E-state index is -0.113. The van der Waals surface area contributed by atoms with Gasteiger partial charge in [0.05, 0.1) is 21.3 Å². The van der Waals surface area contributed by atoms with E-state index in [0.717, 1.165) is 67.1 Å². The number of fused-ring (bicyclic) bond motifs is 1. The van der Waals surface area contributed by atoms with Crippen molar-refractivity contribution in [2.45, 2.75) is 25.9 Å². The van der Waals surface area contributed by atoms with Crippen LogP contribution in [-0.4, -0.2) is 66.5 Å². The molecule has 0 radical (unpaired) electrons. The second-order valence-electron chi connectivity index (χ2n) is 8.12. The maximum atomic E-state index is 12.4. The summed E-state index contributed by atoms with van der Waals surface area (Å²) in [5, 5.41) is 11.8. The van der Waals surface area contributed by atoms with Crippen LogP contribution in [0.1, 0.15) is 27.6 Å². The molecule has 0 unspecified atom stereocenters. The summed E-state index contributed by atoms with van der Waals surface area (Å²) in [5.74, 6) is 4.11. The SMILES string of the molecule is COc1ccc(C(=O)NCCc2nnc3n2CCN(Cc2ccc(OC)cc2OC)CC3)cc1. The Morgan fingerprint density at radius 3 is 2.44 bits per heavy atom. The summed E-state index contributed by atoms with van der Waals surface area (Å²) < 4.78 is 18.2. The molecule has 0 aliphatic carbocycles. The van der Waals surface area contributed by atoms with Crippen LogP contribution in [0.5, 0.6) is 17.2 Å². The molecule has 1 aromatic heterocycles. The van der Waals surface area contributed by atoms with E-state index in [-0.39, 0.29) is 5.91 Å². The molecule has 180 valence electrons. The molecule has 1 amide bonds. The van der Waals surface area contributed by atoms with E-state index in [2.05, 4.69) is 31.0 Å². The molecule has 0 spiro atoms. The lowest BCUT2D eigenvalue weighted by molar-refractivity contribution is 0.0954. The number of nitrogens with one attached hydrogen (secondary N) is 1. The fourth-order valence-electron chi connectivity index (χ4n) is 4.13. The number of nitrogens with zero attached hydrogens (tertiary/aromatic N) is 4. The standard InChI is InChI=1S/C25H31N5O4/c1-32-20-7-4-18(5-8-20)25(31)26-12-10-23-27-28-24-11-13-29(14-15-30(23)24)17-19-6-9-21(33-2)16-22(19)34-3/h4-9,16H,10-15,17H2,1-3H3,(H,26,31). The van der Waals surface area contributed by atoms with Crippen LogP contribution in [0.2, 0.25) is 0 Å². The number of carbonyl (C=O) groups excluding carboxylic acids is 1. The van der Waals surface area contributed by atoms with Crippen molar-refractivity contribution in [3.63, 3.8) is 0 Å². The molecule has 1 aliphatic rings. The molecule has 2 aromatic carbocycles. The van der Waals surface area contributed by atoms with Crippen molar-refractivity contribution in [2.75, 3.05) is 41.0 Å². The minimum absolute atomic E-state index is 0.113. The average Bonchev–Trinajstić information content (AvgIpc) is 3.15. The zero-order chi connectivity index (χ0) is 23.9. The highest BCUT2D eigenvalue weighted by molar-refractivity contribution is 5.94. The molecule has 0 saturated carbocycles. The topological polar surface area (TPSA) is 90.7 Å². The third-order valence-electron chi connectivity index (χ3n) is 6.07. The van der Waals surface area contributed by atoms with Crippen molar-refractivity contribution in [3.05, 3.63) is 65.2 Å². The van der Waals surface area contributed by atoms with Gasteiger partial charge in [0.2, 0.25) is 0 Å². The van der Waals surface area contributed by atoms with Crippen molar-refractivity contribution >= 4 is 5.91 Å². The van der Waals surface area contributed by atoms with Gasteiger partial charge in [-0.15, -0.1) is 10.2 Å². The number of rotatable bonds is 9. The van der Waals surface area contributed by atoms with Crippen LogP contribution in [0.15, 0.2) is 42.5 Å². The molecule has 34 heavy (non-hydrogen) atoms. The molecule has 3 aromatic rings. The Balaban J connectivity index is 1.32. The summed E-state index contributed by atoms with van der Waals surface area (Å²) in [5.41, 5.74) is 1.73. The molecule has 4 rings (SSSR count). The predicted octanol–water partition coefficient (Wildman–Crippen LogP) is 2.33. The molecule has 1 aliphatic heterocycles. The number of amides is 1. The Labute approximate surface area is 199 Å². The Hall–Kier alpha value is -3.59. The van der Waals surface area contributed by atoms with Gasteiger partial charge in [-0.25, -0.2) is 0 Å². The first kappa shape index (κ1) is 23.6. The highest BCUT2D eigenvalue weighted by Gasteiger charge is 2.20.